The molecule has 0 spiro atoms. The molecule has 1 unspecified atom stereocenters. The summed E-state index contributed by atoms with van der Waals surface area (Å²) in [6.07, 6.45) is 1.16. The number of hydrogen-bond acceptors (Lipinski definition) is 8. The topological polar surface area (TPSA) is 195 Å². The lowest BCUT2D eigenvalue weighted by Crippen LogP contribution is -2.53. The average molecular weight is 625 g/mol. The summed E-state index contributed by atoms with van der Waals surface area (Å²) in [5.74, 6) is -0.578. The average Bonchev–Trinajstić information content (AvgIpc) is 3.46. The van der Waals surface area contributed by atoms with E-state index in [1.807, 2.05) is 60.7 Å². The van der Waals surface area contributed by atoms with Gasteiger partial charge in [0, 0.05) is 31.6 Å². The molecule has 3 amide bonds. The molecule has 1 aliphatic heterocycles. The van der Waals surface area contributed by atoms with Gasteiger partial charge in [0.05, 0.1) is 17.8 Å². The summed E-state index contributed by atoms with van der Waals surface area (Å²) in [4.78, 5) is 67.1. The molecule has 12 nitrogen and oxygen atoms in total. The highest BCUT2D eigenvalue weighted by Gasteiger charge is 2.28. The van der Waals surface area contributed by atoms with Crippen molar-refractivity contribution in [1.82, 2.24) is 16.0 Å². The highest BCUT2D eigenvalue weighted by atomic mass is 32.2. The number of aliphatic imine (C=N–C) groups is 1. The number of hydrogen-bond donors (Lipinski definition) is 5. The predicted molar refractivity (Wildman–Crippen MR) is 169 cm³/mol. The van der Waals surface area contributed by atoms with Crippen molar-refractivity contribution in [3.8, 4) is 0 Å². The molecule has 1 saturated heterocycles. The number of rotatable bonds is 18. The molecule has 0 aliphatic carbocycles. The summed E-state index contributed by atoms with van der Waals surface area (Å²) < 4.78 is 5.34. The van der Waals surface area contributed by atoms with Crippen LogP contribution in [-0.2, 0) is 36.9 Å². The van der Waals surface area contributed by atoms with E-state index in [1.165, 1.54) is 11.8 Å². The van der Waals surface area contributed by atoms with E-state index < -0.39 is 30.1 Å². The molecule has 0 bridgehead atoms. The molecular weight excluding hydrogens is 584 g/mol. The smallest absolute Gasteiger partial charge is 0.408 e. The van der Waals surface area contributed by atoms with E-state index in [1.54, 1.807) is 0 Å². The van der Waals surface area contributed by atoms with Crippen LogP contribution in [0.15, 0.2) is 65.7 Å². The van der Waals surface area contributed by atoms with Gasteiger partial charge in [-0.2, -0.15) is 11.8 Å². The van der Waals surface area contributed by atoms with Gasteiger partial charge in [0.1, 0.15) is 12.6 Å². The number of Topliss-reactive ketones (excluding diaryl/α,β-unsaturated/α-hetero) is 2. The van der Waals surface area contributed by atoms with Gasteiger partial charge in [0.15, 0.2) is 17.5 Å². The van der Waals surface area contributed by atoms with Gasteiger partial charge in [-0.1, -0.05) is 60.7 Å². The molecule has 0 aromatic heterocycles. The Morgan fingerprint density at radius 3 is 2.30 bits per heavy atom. The zero-order valence-electron chi connectivity index (χ0n) is 24.5. The summed E-state index contributed by atoms with van der Waals surface area (Å²) in [5, 5.41) is 8.11. The van der Waals surface area contributed by atoms with Gasteiger partial charge in [-0.05, 0) is 30.4 Å². The zero-order valence-corrected chi connectivity index (χ0v) is 25.4. The second-order valence-corrected chi connectivity index (χ2v) is 11.5. The SMILES string of the molecule is NC(N)=NCCC[C@H](NC(=O)[C@H](Cc1ccccc1)NC(=O)OCc1ccccc1)C(=O)CSCCC(=O)C1CCC(=O)N1. The largest absolute Gasteiger partial charge is 0.445 e. The Morgan fingerprint density at radius 1 is 0.977 bits per heavy atom. The number of nitrogens with two attached hydrogens (primary N) is 2. The van der Waals surface area contributed by atoms with Crippen LogP contribution in [0, 0.1) is 0 Å². The standard InChI is InChI=1S/C31H40N6O6S/c32-30(33)34-16-7-12-23(27(39)20-44-17-15-26(38)24-13-14-28(40)35-24)36-29(41)25(18-21-8-3-1-4-9-21)37-31(42)43-19-22-10-5-2-6-11-22/h1-6,8-11,23-25H,7,12-20H2,(H,35,40)(H,36,41)(H,37,42)(H4,32,33,34)/t23-,24?,25-/m0/s1. The van der Waals surface area contributed by atoms with Gasteiger partial charge in [-0.15, -0.1) is 0 Å². The Kier molecular flexibility index (Phi) is 14.2. The van der Waals surface area contributed by atoms with Crippen LogP contribution < -0.4 is 27.4 Å². The molecular formula is C31H40N6O6S. The molecule has 13 heteroatoms. The second-order valence-electron chi connectivity index (χ2n) is 10.4. The van der Waals surface area contributed by atoms with Crippen molar-refractivity contribution in [2.45, 2.75) is 63.3 Å². The van der Waals surface area contributed by atoms with Crippen LogP contribution in [0.1, 0.15) is 43.2 Å². The van der Waals surface area contributed by atoms with Crippen molar-refractivity contribution in [1.29, 1.82) is 0 Å². The lowest BCUT2D eigenvalue weighted by molar-refractivity contribution is -0.128. The number of benzene rings is 2. The van der Waals surface area contributed by atoms with Crippen LogP contribution in [0.25, 0.3) is 0 Å². The Hall–Kier alpha value is -4.39. The fourth-order valence-electron chi connectivity index (χ4n) is 4.53. The van der Waals surface area contributed by atoms with E-state index in [4.69, 9.17) is 16.2 Å². The number of thioether (sulfide) groups is 1. The first-order valence-corrected chi connectivity index (χ1v) is 15.7. The first kappa shape index (κ1) is 34.1. The minimum Gasteiger partial charge on any atom is -0.445 e. The summed E-state index contributed by atoms with van der Waals surface area (Å²) >= 11 is 1.28. The number of nitrogens with zero attached hydrogens (tertiary/aromatic N) is 1. The monoisotopic (exact) mass is 624 g/mol. The molecule has 7 N–H and O–H groups in total. The number of amides is 3. The van der Waals surface area contributed by atoms with Gasteiger partial charge >= 0.3 is 6.09 Å². The molecule has 1 aliphatic rings. The van der Waals surface area contributed by atoms with E-state index in [0.29, 0.717) is 25.0 Å². The van der Waals surface area contributed by atoms with Crippen LogP contribution >= 0.6 is 11.8 Å². The van der Waals surface area contributed by atoms with Crippen LogP contribution in [0.5, 0.6) is 0 Å². The molecule has 1 heterocycles. The Balaban J connectivity index is 1.61. The van der Waals surface area contributed by atoms with Crippen molar-refractivity contribution >= 4 is 47.2 Å². The van der Waals surface area contributed by atoms with Crippen molar-refractivity contribution in [3.63, 3.8) is 0 Å². The molecule has 44 heavy (non-hydrogen) atoms. The lowest BCUT2D eigenvalue weighted by Gasteiger charge is -2.23. The summed E-state index contributed by atoms with van der Waals surface area (Å²) in [6.45, 7) is 0.305. The van der Waals surface area contributed by atoms with Crippen molar-refractivity contribution in [3.05, 3.63) is 71.8 Å². The number of carbonyl (C=O) groups excluding carboxylic acids is 5. The maximum Gasteiger partial charge on any atom is 0.408 e. The van der Waals surface area contributed by atoms with E-state index in [2.05, 4.69) is 20.9 Å². The quantitative estimate of drug-likeness (QED) is 0.0930. The first-order valence-electron chi connectivity index (χ1n) is 14.5. The maximum atomic E-state index is 13.5. The third kappa shape index (κ3) is 12.5. The third-order valence-electron chi connectivity index (χ3n) is 6.88. The molecule has 2 aromatic carbocycles. The first-order chi connectivity index (χ1) is 21.2. The van der Waals surface area contributed by atoms with Gasteiger partial charge in [-0.3, -0.25) is 24.2 Å². The number of carbonyl (C=O) groups is 5. The number of nitrogens with one attached hydrogen (secondary N) is 3. The van der Waals surface area contributed by atoms with Gasteiger partial charge in [-0.25, -0.2) is 4.79 Å². The Morgan fingerprint density at radius 2 is 1.66 bits per heavy atom. The summed E-state index contributed by atoms with van der Waals surface area (Å²) in [7, 11) is 0. The zero-order chi connectivity index (χ0) is 31.7. The highest BCUT2D eigenvalue weighted by Crippen LogP contribution is 2.14. The minimum atomic E-state index is -1.01. The van der Waals surface area contributed by atoms with Gasteiger partial charge in [0.2, 0.25) is 11.8 Å². The van der Waals surface area contributed by atoms with Crippen LogP contribution in [0.4, 0.5) is 4.79 Å². The highest BCUT2D eigenvalue weighted by molar-refractivity contribution is 7.99. The summed E-state index contributed by atoms with van der Waals surface area (Å²) in [6, 6.07) is 16.0. The van der Waals surface area contributed by atoms with Crippen molar-refractivity contribution in [2.75, 3.05) is 18.1 Å². The van der Waals surface area contributed by atoms with Crippen molar-refractivity contribution < 1.29 is 28.7 Å². The van der Waals surface area contributed by atoms with Crippen molar-refractivity contribution in [2.24, 2.45) is 16.5 Å². The Labute approximate surface area is 261 Å². The molecule has 3 rings (SSSR count). The number of guanidine groups is 1. The third-order valence-corrected chi connectivity index (χ3v) is 7.86. The number of alkyl carbamates (subject to hydrolysis) is 1. The van der Waals surface area contributed by atoms with E-state index in [9.17, 15) is 24.0 Å². The number of ether oxygens (including phenoxy) is 1. The lowest BCUT2D eigenvalue weighted by atomic mass is 10.0. The Bertz CT molecular complexity index is 1290. The van der Waals surface area contributed by atoms with Crippen LogP contribution in [0.2, 0.25) is 0 Å². The molecule has 2 aromatic rings. The van der Waals surface area contributed by atoms with Gasteiger partial charge in [0.25, 0.3) is 0 Å². The fourth-order valence-corrected chi connectivity index (χ4v) is 5.42. The van der Waals surface area contributed by atoms with E-state index >= 15 is 0 Å². The normalized spacial score (nSPS) is 15.4. The summed E-state index contributed by atoms with van der Waals surface area (Å²) in [5.41, 5.74) is 12.4. The molecule has 236 valence electrons. The molecule has 3 atom stereocenters. The van der Waals surface area contributed by atoms with E-state index in [0.717, 1.165) is 11.1 Å². The second kappa shape index (κ2) is 18.3. The number of ketones is 2. The molecule has 0 radical (unpaired) electrons. The molecule has 1 fully saturated rings. The van der Waals surface area contributed by atoms with E-state index in [-0.39, 0.29) is 61.6 Å². The predicted octanol–water partition coefficient (Wildman–Crippen LogP) is 1.60. The maximum absolute atomic E-state index is 13.5. The van der Waals surface area contributed by atoms with Crippen LogP contribution in [-0.4, -0.2) is 71.6 Å². The van der Waals surface area contributed by atoms with Crippen LogP contribution in [0.3, 0.4) is 0 Å². The fraction of sp³-hybridized carbons (Fsp3) is 0.419. The minimum absolute atomic E-state index is 0.0328. The molecule has 0 saturated carbocycles. The van der Waals surface area contributed by atoms with Gasteiger partial charge < -0.3 is 32.2 Å².